The van der Waals surface area contributed by atoms with Crippen LogP contribution in [0.5, 0.6) is 0 Å². The molecule has 0 saturated carbocycles. The Hall–Kier alpha value is -2.14. The van der Waals surface area contributed by atoms with Gasteiger partial charge in [-0.1, -0.05) is 35.9 Å². The van der Waals surface area contributed by atoms with E-state index in [-0.39, 0.29) is 28.2 Å². The first-order chi connectivity index (χ1) is 16.1. The van der Waals surface area contributed by atoms with Gasteiger partial charge in [0.1, 0.15) is 11.9 Å². The van der Waals surface area contributed by atoms with Crippen molar-refractivity contribution in [1.29, 1.82) is 5.26 Å². The molecule has 184 valence electrons. The summed E-state index contributed by atoms with van der Waals surface area (Å²) in [5, 5.41) is 8.66. The maximum atomic E-state index is 13.9. The minimum absolute atomic E-state index is 0.125. The molecule has 0 aromatic heterocycles. The van der Waals surface area contributed by atoms with Crippen molar-refractivity contribution >= 4 is 11.6 Å². The summed E-state index contributed by atoms with van der Waals surface area (Å²) in [6.45, 7) is 3.80. The molecule has 8 heteroatoms. The van der Waals surface area contributed by atoms with Crippen LogP contribution in [0.4, 0.5) is 17.6 Å². The van der Waals surface area contributed by atoms with Crippen molar-refractivity contribution in [1.82, 2.24) is 9.80 Å². The molecule has 0 atom stereocenters. The number of hydrogen-bond acceptors (Lipinski definition) is 3. The van der Waals surface area contributed by atoms with Crippen molar-refractivity contribution in [3.8, 4) is 6.07 Å². The van der Waals surface area contributed by atoms with E-state index in [2.05, 4.69) is 16.8 Å². The lowest BCUT2D eigenvalue weighted by Crippen LogP contribution is -2.29. The number of nitrogens with zero attached hydrogens (tertiary/aromatic N) is 3. The Morgan fingerprint density at radius 1 is 0.853 bits per heavy atom. The number of benzene rings is 2. The topological polar surface area (TPSA) is 30.3 Å². The fourth-order valence-corrected chi connectivity index (χ4v) is 5.06. The molecule has 2 fully saturated rings. The summed E-state index contributed by atoms with van der Waals surface area (Å²) in [6.07, 6.45) is -0.710. The van der Waals surface area contributed by atoms with Crippen molar-refractivity contribution < 1.29 is 17.6 Å². The van der Waals surface area contributed by atoms with E-state index in [1.165, 1.54) is 12.1 Å². The maximum absolute atomic E-state index is 13.9. The Balaban J connectivity index is 0.000000192. The van der Waals surface area contributed by atoms with E-state index in [9.17, 15) is 17.6 Å². The number of hydrogen-bond donors (Lipinski definition) is 0. The summed E-state index contributed by atoms with van der Waals surface area (Å²) in [5.41, 5.74) is 0.795. The van der Waals surface area contributed by atoms with Crippen LogP contribution in [0.3, 0.4) is 0 Å². The largest absolute Gasteiger partial charge is 0.417 e. The highest BCUT2D eigenvalue weighted by molar-refractivity contribution is 6.32. The van der Waals surface area contributed by atoms with Crippen LogP contribution in [0, 0.1) is 17.1 Å². The normalized spacial score (nSPS) is 18.8. The second kappa shape index (κ2) is 11.5. The third-order valence-corrected chi connectivity index (χ3v) is 7.22. The zero-order valence-corrected chi connectivity index (χ0v) is 20.3. The summed E-state index contributed by atoms with van der Waals surface area (Å²) < 4.78 is 52.2. The van der Waals surface area contributed by atoms with Crippen molar-refractivity contribution in [3.05, 3.63) is 69.5 Å². The van der Waals surface area contributed by atoms with Crippen LogP contribution in [0.1, 0.15) is 59.8 Å². The van der Waals surface area contributed by atoms with Crippen LogP contribution in [0.25, 0.3) is 0 Å². The summed E-state index contributed by atoms with van der Waals surface area (Å²) in [4.78, 5) is 4.43. The van der Waals surface area contributed by atoms with E-state index in [1.54, 1.807) is 12.1 Å². The molecule has 0 N–H and O–H groups in total. The first kappa shape index (κ1) is 26.5. The predicted molar refractivity (Wildman–Crippen MR) is 127 cm³/mol. The third-order valence-electron chi connectivity index (χ3n) is 6.80. The number of nitriles is 1. The smallest absolute Gasteiger partial charge is 0.306 e. The summed E-state index contributed by atoms with van der Waals surface area (Å²) in [5.74, 6) is 0.0834. The average molecular weight is 496 g/mol. The van der Waals surface area contributed by atoms with E-state index in [1.807, 2.05) is 19.2 Å². The summed E-state index contributed by atoms with van der Waals surface area (Å²) >= 11 is 5.93. The molecule has 2 aromatic rings. The van der Waals surface area contributed by atoms with Gasteiger partial charge in [-0.2, -0.15) is 18.4 Å². The van der Waals surface area contributed by atoms with Gasteiger partial charge in [-0.3, -0.25) is 0 Å². The number of alkyl halides is 3. The molecule has 2 heterocycles. The molecule has 0 spiro atoms. The quantitative estimate of drug-likeness (QED) is 0.436. The Morgan fingerprint density at radius 3 is 1.82 bits per heavy atom. The molecule has 2 aromatic carbocycles. The summed E-state index contributed by atoms with van der Waals surface area (Å²) in [7, 11) is 4.10. The van der Waals surface area contributed by atoms with E-state index in [0.717, 1.165) is 57.9 Å². The molecule has 0 amide bonds. The van der Waals surface area contributed by atoms with Gasteiger partial charge >= 0.3 is 6.18 Å². The molecule has 34 heavy (non-hydrogen) atoms. The zero-order chi connectivity index (χ0) is 24.9. The number of halogens is 5. The number of piperidine rings is 2. The highest BCUT2D eigenvalue weighted by atomic mass is 35.5. The molecule has 3 nitrogen and oxygen atoms in total. The fourth-order valence-electron chi connectivity index (χ4n) is 4.67. The molecule has 0 unspecified atom stereocenters. The predicted octanol–water partition coefficient (Wildman–Crippen LogP) is 6.67. The molecule has 2 aliphatic rings. The molecule has 2 aliphatic heterocycles. The van der Waals surface area contributed by atoms with Gasteiger partial charge in [0, 0.05) is 0 Å². The SMILES string of the molecule is CN1CCC(c2cccc(C#N)c2F)CC1.CN1CCC(c2cccc(C(F)(F)F)c2Cl)CC1. The van der Waals surface area contributed by atoms with E-state index in [4.69, 9.17) is 16.9 Å². The molecule has 0 aliphatic carbocycles. The minimum atomic E-state index is -4.38. The monoisotopic (exact) mass is 495 g/mol. The first-order valence-electron chi connectivity index (χ1n) is 11.5. The Morgan fingerprint density at radius 2 is 1.32 bits per heavy atom. The van der Waals surface area contributed by atoms with Crippen LogP contribution in [-0.2, 0) is 6.18 Å². The van der Waals surface area contributed by atoms with Gasteiger partial charge in [-0.25, -0.2) is 4.39 Å². The second-order valence-electron chi connectivity index (χ2n) is 9.18. The van der Waals surface area contributed by atoms with Crippen LogP contribution < -0.4 is 0 Å². The van der Waals surface area contributed by atoms with Gasteiger partial charge in [0.15, 0.2) is 0 Å². The lowest BCUT2D eigenvalue weighted by Gasteiger charge is -2.30. The Bertz CT molecular complexity index is 1000. The molecular weight excluding hydrogens is 466 g/mol. The number of rotatable bonds is 2. The zero-order valence-electron chi connectivity index (χ0n) is 19.5. The van der Waals surface area contributed by atoms with Crippen molar-refractivity contribution in [2.75, 3.05) is 40.3 Å². The fraction of sp³-hybridized carbons (Fsp3) is 0.500. The van der Waals surface area contributed by atoms with Gasteiger partial charge in [0.25, 0.3) is 0 Å². The van der Waals surface area contributed by atoms with E-state index >= 15 is 0 Å². The van der Waals surface area contributed by atoms with E-state index < -0.39 is 11.7 Å². The molecule has 0 bridgehead atoms. The lowest BCUT2D eigenvalue weighted by atomic mass is 9.88. The van der Waals surface area contributed by atoms with Crippen LogP contribution in [0.15, 0.2) is 36.4 Å². The van der Waals surface area contributed by atoms with Crippen molar-refractivity contribution in [3.63, 3.8) is 0 Å². The molecule has 0 radical (unpaired) electrons. The standard InChI is InChI=1S/C13H15ClF3N.C13H15FN2/c1-18-7-5-9(6-8-18)10-3-2-4-11(12(10)14)13(15,16)17;1-16-7-5-10(6-8-16)12-4-2-3-11(9-15)13(12)14/h2-4,9H,5-8H2,1H3;2-4,10H,5-8H2,1H3. The average Bonchev–Trinajstić information content (AvgIpc) is 2.80. The maximum Gasteiger partial charge on any atom is 0.417 e. The number of likely N-dealkylation sites (tertiary alicyclic amines) is 2. The lowest BCUT2D eigenvalue weighted by molar-refractivity contribution is -0.137. The van der Waals surface area contributed by atoms with Crippen LogP contribution in [0.2, 0.25) is 5.02 Å². The first-order valence-corrected chi connectivity index (χ1v) is 11.9. The second-order valence-corrected chi connectivity index (χ2v) is 9.56. The van der Waals surface area contributed by atoms with Crippen LogP contribution >= 0.6 is 11.6 Å². The third kappa shape index (κ3) is 6.50. The van der Waals surface area contributed by atoms with Gasteiger partial charge in [-0.05, 0) is 101 Å². The van der Waals surface area contributed by atoms with Crippen LogP contribution in [-0.4, -0.2) is 50.1 Å². The van der Waals surface area contributed by atoms with E-state index in [0.29, 0.717) is 11.1 Å². The summed E-state index contributed by atoms with van der Waals surface area (Å²) in [6, 6.07) is 11.2. The molecule has 2 saturated heterocycles. The Labute approximate surface area is 203 Å². The van der Waals surface area contributed by atoms with Gasteiger partial charge in [0.2, 0.25) is 0 Å². The van der Waals surface area contributed by atoms with Crippen molar-refractivity contribution in [2.24, 2.45) is 0 Å². The Kier molecular flexibility index (Phi) is 8.97. The van der Waals surface area contributed by atoms with Gasteiger partial charge in [-0.15, -0.1) is 0 Å². The highest BCUT2D eigenvalue weighted by Crippen LogP contribution is 2.40. The molecule has 4 rings (SSSR count). The van der Waals surface area contributed by atoms with Gasteiger partial charge < -0.3 is 9.80 Å². The minimum Gasteiger partial charge on any atom is -0.306 e. The molecular formula is C26H30ClF4N3. The van der Waals surface area contributed by atoms with Gasteiger partial charge in [0.05, 0.1) is 16.1 Å². The highest BCUT2D eigenvalue weighted by Gasteiger charge is 2.35. The van der Waals surface area contributed by atoms with Crippen molar-refractivity contribution in [2.45, 2.75) is 43.7 Å².